The van der Waals surface area contributed by atoms with Crippen LogP contribution < -0.4 is 5.32 Å². The van der Waals surface area contributed by atoms with E-state index < -0.39 is 5.97 Å². The number of carbonyl (C=O) groups is 3. The van der Waals surface area contributed by atoms with E-state index in [1.807, 2.05) is 30.3 Å². The third kappa shape index (κ3) is 6.29. The molecule has 1 aromatic carbocycles. The van der Waals surface area contributed by atoms with Gasteiger partial charge in [-0.05, 0) is 12.0 Å². The first-order valence-electron chi connectivity index (χ1n) is 8.19. The molecule has 0 radical (unpaired) electrons. The number of hydrogen-bond acceptors (Lipinski definition) is 5. The van der Waals surface area contributed by atoms with Crippen molar-refractivity contribution in [3.8, 4) is 0 Å². The first-order chi connectivity index (χ1) is 12.5. The molecular formula is C18H21N3O4S. The van der Waals surface area contributed by atoms with Gasteiger partial charge in [-0.25, -0.2) is 9.78 Å². The summed E-state index contributed by atoms with van der Waals surface area (Å²) in [4.78, 5) is 40.1. The van der Waals surface area contributed by atoms with Gasteiger partial charge < -0.3 is 15.3 Å². The first kappa shape index (κ1) is 19.6. The van der Waals surface area contributed by atoms with Crippen molar-refractivity contribution < 1.29 is 19.5 Å². The molecule has 2 rings (SSSR count). The Kier molecular flexibility index (Phi) is 7.28. The Morgan fingerprint density at radius 2 is 1.92 bits per heavy atom. The average Bonchev–Trinajstić information content (AvgIpc) is 3.08. The summed E-state index contributed by atoms with van der Waals surface area (Å²) >= 11 is 1.25. The molecule has 0 atom stereocenters. The highest BCUT2D eigenvalue weighted by Gasteiger charge is 2.14. The van der Waals surface area contributed by atoms with Crippen molar-refractivity contribution in [3.63, 3.8) is 0 Å². The van der Waals surface area contributed by atoms with Gasteiger partial charge in [0.15, 0.2) is 5.69 Å². The smallest absolute Gasteiger partial charge is 0.355 e. The molecule has 138 valence electrons. The van der Waals surface area contributed by atoms with Crippen molar-refractivity contribution >= 4 is 29.1 Å². The summed E-state index contributed by atoms with van der Waals surface area (Å²) in [7, 11) is 0. The second kappa shape index (κ2) is 9.67. The van der Waals surface area contributed by atoms with Crippen LogP contribution in [0.2, 0.25) is 0 Å². The molecule has 7 nitrogen and oxygen atoms in total. The number of rotatable bonds is 9. The fraction of sp³-hybridized carbons (Fsp3) is 0.333. The molecule has 0 spiro atoms. The topological polar surface area (TPSA) is 99.6 Å². The zero-order chi connectivity index (χ0) is 18.9. The molecule has 0 aliphatic rings. The lowest BCUT2D eigenvalue weighted by Gasteiger charge is -2.20. The van der Waals surface area contributed by atoms with E-state index in [0.29, 0.717) is 30.9 Å². The number of aromatic nitrogens is 1. The standard InChI is InChI=1S/C18H21N3O4S/c1-13(22)21(10-8-14-5-3-2-4-6-14)11-16(23)19-9-7-17-20-15(12-26-17)18(24)25/h2-6,12H,7-11H2,1H3,(H,19,23)(H,24,25). The van der Waals surface area contributed by atoms with Crippen LogP contribution in [0, 0.1) is 0 Å². The van der Waals surface area contributed by atoms with E-state index in [9.17, 15) is 14.4 Å². The highest BCUT2D eigenvalue weighted by atomic mass is 32.1. The summed E-state index contributed by atoms with van der Waals surface area (Å²) in [5, 5.41) is 13.7. The number of benzene rings is 1. The second-order valence-electron chi connectivity index (χ2n) is 5.71. The van der Waals surface area contributed by atoms with Gasteiger partial charge in [0, 0.05) is 31.8 Å². The van der Waals surface area contributed by atoms with Crippen LogP contribution >= 0.6 is 11.3 Å². The summed E-state index contributed by atoms with van der Waals surface area (Å²) in [5.74, 6) is -1.46. The predicted molar refractivity (Wildman–Crippen MR) is 98.2 cm³/mol. The predicted octanol–water partition coefficient (Wildman–Crippen LogP) is 1.59. The van der Waals surface area contributed by atoms with Crippen LogP contribution in [-0.2, 0) is 22.4 Å². The molecule has 0 aliphatic heterocycles. The largest absolute Gasteiger partial charge is 0.476 e. The van der Waals surface area contributed by atoms with Crippen LogP contribution in [0.3, 0.4) is 0 Å². The average molecular weight is 375 g/mol. The van der Waals surface area contributed by atoms with Gasteiger partial charge in [-0.3, -0.25) is 9.59 Å². The summed E-state index contributed by atoms with van der Waals surface area (Å²) in [6, 6.07) is 9.78. The van der Waals surface area contributed by atoms with Crippen LogP contribution in [0.1, 0.15) is 28.0 Å². The summed E-state index contributed by atoms with van der Waals surface area (Å²) in [6.45, 7) is 2.26. The molecule has 1 aromatic heterocycles. The zero-order valence-electron chi connectivity index (χ0n) is 14.5. The number of amides is 2. The molecule has 2 amide bonds. The van der Waals surface area contributed by atoms with Crippen LogP contribution in [0.15, 0.2) is 35.7 Å². The number of thiazole rings is 1. The summed E-state index contributed by atoms with van der Waals surface area (Å²) in [6.07, 6.45) is 1.14. The van der Waals surface area contributed by atoms with E-state index in [2.05, 4.69) is 10.3 Å². The third-order valence-corrected chi connectivity index (χ3v) is 4.63. The van der Waals surface area contributed by atoms with E-state index in [4.69, 9.17) is 5.11 Å². The Labute approximate surface area is 155 Å². The second-order valence-corrected chi connectivity index (χ2v) is 6.65. The van der Waals surface area contributed by atoms with Crippen LogP contribution in [0.4, 0.5) is 0 Å². The number of carbonyl (C=O) groups excluding carboxylic acids is 2. The molecule has 0 bridgehead atoms. The van der Waals surface area contributed by atoms with Gasteiger partial charge in [0.2, 0.25) is 11.8 Å². The first-order valence-corrected chi connectivity index (χ1v) is 9.07. The minimum absolute atomic E-state index is 0.000409. The van der Waals surface area contributed by atoms with Crippen molar-refractivity contribution in [3.05, 3.63) is 52.0 Å². The quantitative estimate of drug-likeness (QED) is 0.693. The molecule has 0 saturated carbocycles. The normalized spacial score (nSPS) is 10.3. The lowest BCUT2D eigenvalue weighted by molar-refractivity contribution is -0.134. The van der Waals surface area contributed by atoms with Crippen LogP contribution in [0.25, 0.3) is 0 Å². The van der Waals surface area contributed by atoms with Crippen LogP contribution in [0.5, 0.6) is 0 Å². The Morgan fingerprint density at radius 1 is 1.19 bits per heavy atom. The minimum atomic E-state index is -1.06. The molecule has 0 saturated heterocycles. The molecule has 8 heteroatoms. The van der Waals surface area contributed by atoms with Crippen LogP contribution in [-0.4, -0.2) is 52.4 Å². The highest BCUT2D eigenvalue weighted by Crippen LogP contribution is 2.09. The van der Waals surface area contributed by atoms with E-state index in [0.717, 1.165) is 5.56 Å². The lowest BCUT2D eigenvalue weighted by atomic mass is 10.1. The summed E-state index contributed by atoms with van der Waals surface area (Å²) in [5.41, 5.74) is 1.12. The number of aromatic carboxylic acids is 1. The van der Waals surface area contributed by atoms with Crippen molar-refractivity contribution in [2.75, 3.05) is 19.6 Å². The van der Waals surface area contributed by atoms with Gasteiger partial charge >= 0.3 is 5.97 Å². The van der Waals surface area contributed by atoms with E-state index >= 15 is 0 Å². The Morgan fingerprint density at radius 3 is 2.54 bits per heavy atom. The van der Waals surface area contributed by atoms with Crippen molar-refractivity contribution in [2.24, 2.45) is 0 Å². The number of hydrogen-bond donors (Lipinski definition) is 2. The fourth-order valence-corrected chi connectivity index (χ4v) is 3.09. The molecule has 2 aromatic rings. The van der Waals surface area contributed by atoms with Gasteiger partial charge in [-0.2, -0.15) is 0 Å². The van der Waals surface area contributed by atoms with E-state index in [1.54, 1.807) is 0 Å². The Balaban J connectivity index is 1.76. The Hall–Kier alpha value is -2.74. The zero-order valence-corrected chi connectivity index (χ0v) is 15.3. The molecule has 2 N–H and O–H groups in total. The SMILES string of the molecule is CC(=O)N(CCc1ccccc1)CC(=O)NCCc1nc(C(=O)O)cs1. The minimum Gasteiger partial charge on any atom is -0.476 e. The maximum absolute atomic E-state index is 12.1. The van der Waals surface area contributed by atoms with Gasteiger partial charge in [0.1, 0.15) is 0 Å². The molecular weight excluding hydrogens is 354 g/mol. The van der Waals surface area contributed by atoms with Gasteiger partial charge in [-0.1, -0.05) is 30.3 Å². The molecule has 0 aliphatic carbocycles. The number of carboxylic acid groups (broad SMARTS) is 1. The molecule has 26 heavy (non-hydrogen) atoms. The molecule has 1 heterocycles. The lowest BCUT2D eigenvalue weighted by Crippen LogP contribution is -2.41. The maximum Gasteiger partial charge on any atom is 0.355 e. The van der Waals surface area contributed by atoms with E-state index in [-0.39, 0.29) is 24.1 Å². The van der Waals surface area contributed by atoms with E-state index in [1.165, 1.54) is 28.5 Å². The van der Waals surface area contributed by atoms with Gasteiger partial charge in [-0.15, -0.1) is 11.3 Å². The fourth-order valence-electron chi connectivity index (χ4n) is 2.32. The van der Waals surface area contributed by atoms with Crippen molar-refractivity contribution in [1.29, 1.82) is 0 Å². The number of carboxylic acids is 1. The van der Waals surface area contributed by atoms with Crippen molar-refractivity contribution in [2.45, 2.75) is 19.8 Å². The highest BCUT2D eigenvalue weighted by molar-refractivity contribution is 7.09. The molecule has 0 fully saturated rings. The number of nitrogens with one attached hydrogen (secondary N) is 1. The molecule has 0 unspecified atom stereocenters. The summed E-state index contributed by atoms with van der Waals surface area (Å²) < 4.78 is 0. The third-order valence-electron chi connectivity index (χ3n) is 3.72. The maximum atomic E-state index is 12.1. The monoisotopic (exact) mass is 375 g/mol. The van der Waals surface area contributed by atoms with Crippen molar-refractivity contribution in [1.82, 2.24) is 15.2 Å². The van der Waals surface area contributed by atoms with Gasteiger partial charge in [0.25, 0.3) is 0 Å². The number of nitrogens with zero attached hydrogens (tertiary/aromatic N) is 2. The Bertz CT molecular complexity index is 761. The van der Waals surface area contributed by atoms with Gasteiger partial charge in [0.05, 0.1) is 11.6 Å².